The number of carbonyl (C=O) groups is 2. The molecule has 1 fully saturated rings. The third-order valence-corrected chi connectivity index (χ3v) is 6.56. The minimum atomic E-state index is -0.457. The van der Waals surface area contributed by atoms with Gasteiger partial charge in [0.05, 0.1) is 11.1 Å². The molecule has 1 saturated carbocycles. The Morgan fingerprint density at radius 2 is 1.32 bits per heavy atom. The summed E-state index contributed by atoms with van der Waals surface area (Å²) >= 11 is 0. The average Bonchev–Trinajstić information content (AvgIpc) is 3.40. The highest BCUT2D eigenvalue weighted by atomic mass is 16.6. The SMILES string of the molecule is CCc1cc(C(C)C)c(C2CCCC2)c(OC(=O)c2ccccc2)c1OC(=O)c1ccccc1. The zero-order chi connectivity index (χ0) is 24.1. The van der Waals surface area contributed by atoms with E-state index in [0.717, 1.165) is 36.8 Å². The maximum absolute atomic E-state index is 13.2. The highest BCUT2D eigenvalue weighted by Crippen LogP contribution is 2.49. The number of aryl methyl sites for hydroxylation is 1. The third kappa shape index (κ3) is 5.06. The smallest absolute Gasteiger partial charge is 0.343 e. The number of hydrogen-bond donors (Lipinski definition) is 0. The summed E-state index contributed by atoms with van der Waals surface area (Å²) in [5, 5.41) is 0. The van der Waals surface area contributed by atoms with Gasteiger partial charge in [-0.2, -0.15) is 0 Å². The fourth-order valence-corrected chi connectivity index (χ4v) is 4.77. The van der Waals surface area contributed by atoms with Crippen molar-refractivity contribution in [2.75, 3.05) is 0 Å². The van der Waals surface area contributed by atoms with Gasteiger partial charge in [0.1, 0.15) is 0 Å². The number of esters is 2. The maximum Gasteiger partial charge on any atom is 0.343 e. The van der Waals surface area contributed by atoms with Crippen LogP contribution in [0.3, 0.4) is 0 Å². The van der Waals surface area contributed by atoms with E-state index in [9.17, 15) is 9.59 Å². The molecule has 0 atom stereocenters. The lowest BCUT2D eigenvalue weighted by atomic mass is 9.85. The lowest BCUT2D eigenvalue weighted by molar-refractivity contribution is 0.0679. The van der Waals surface area contributed by atoms with Gasteiger partial charge in [-0.05, 0) is 66.5 Å². The molecule has 0 radical (unpaired) electrons. The molecule has 0 aliphatic heterocycles. The molecule has 1 aliphatic rings. The van der Waals surface area contributed by atoms with Gasteiger partial charge in [-0.3, -0.25) is 0 Å². The van der Waals surface area contributed by atoms with E-state index in [-0.39, 0.29) is 11.8 Å². The predicted octanol–water partition coefficient (Wildman–Crippen LogP) is 7.47. The van der Waals surface area contributed by atoms with Crippen molar-refractivity contribution in [3.8, 4) is 11.5 Å². The van der Waals surface area contributed by atoms with Crippen LogP contribution in [0.5, 0.6) is 11.5 Å². The minimum Gasteiger partial charge on any atom is -0.419 e. The Morgan fingerprint density at radius 1 is 0.824 bits per heavy atom. The van der Waals surface area contributed by atoms with Crippen molar-refractivity contribution in [3.63, 3.8) is 0 Å². The van der Waals surface area contributed by atoms with E-state index in [0.29, 0.717) is 29.0 Å². The van der Waals surface area contributed by atoms with E-state index >= 15 is 0 Å². The van der Waals surface area contributed by atoms with Crippen LogP contribution in [0, 0.1) is 0 Å². The lowest BCUT2D eigenvalue weighted by Gasteiger charge is -2.25. The fourth-order valence-electron chi connectivity index (χ4n) is 4.77. The van der Waals surface area contributed by atoms with Gasteiger partial charge in [-0.1, -0.05) is 76.1 Å². The molecule has 4 rings (SSSR count). The number of hydrogen-bond acceptors (Lipinski definition) is 4. The summed E-state index contributed by atoms with van der Waals surface area (Å²) in [5.41, 5.74) is 3.98. The van der Waals surface area contributed by atoms with E-state index in [4.69, 9.17) is 9.47 Å². The predicted molar refractivity (Wildman–Crippen MR) is 134 cm³/mol. The number of rotatable bonds is 7. The van der Waals surface area contributed by atoms with Crippen molar-refractivity contribution in [2.24, 2.45) is 0 Å². The van der Waals surface area contributed by atoms with Crippen LogP contribution in [0.15, 0.2) is 66.7 Å². The van der Waals surface area contributed by atoms with Gasteiger partial charge in [-0.15, -0.1) is 0 Å². The van der Waals surface area contributed by atoms with Gasteiger partial charge in [0.25, 0.3) is 0 Å². The van der Waals surface area contributed by atoms with Crippen LogP contribution >= 0.6 is 0 Å². The van der Waals surface area contributed by atoms with Crippen molar-refractivity contribution in [2.45, 2.75) is 64.7 Å². The van der Waals surface area contributed by atoms with Crippen molar-refractivity contribution >= 4 is 11.9 Å². The summed E-state index contributed by atoms with van der Waals surface area (Å²) in [5.74, 6) is 0.395. The zero-order valence-electron chi connectivity index (χ0n) is 20.2. The van der Waals surface area contributed by atoms with Crippen LogP contribution in [0.2, 0.25) is 0 Å². The van der Waals surface area contributed by atoms with Gasteiger partial charge >= 0.3 is 11.9 Å². The maximum atomic E-state index is 13.2. The van der Waals surface area contributed by atoms with Gasteiger partial charge in [0.15, 0.2) is 11.5 Å². The van der Waals surface area contributed by atoms with Crippen molar-refractivity contribution < 1.29 is 19.1 Å². The lowest BCUT2D eigenvalue weighted by Crippen LogP contribution is -2.17. The molecule has 0 saturated heterocycles. The number of benzene rings is 3. The fraction of sp³-hybridized carbons (Fsp3) is 0.333. The highest BCUT2D eigenvalue weighted by Gasteiger charge is 2.31. The Kier molecular flexibility index (Phi) is 7.46. The second-order valence-corrected chi connectivity index (χ2v) is 9.20. The topological polar surface area (TPSA) is 52.6 Å². The molecule has 0 amide bonds. The minimum absolute atomic E-state index is 0.244. The van der Waals surface area contributed by atoms with Crippen molar-refractivity contribution in [3.05, 3.63) is 94.5 Å². The van der Waals surface area contributed by atoms with Crippen LogP contribution < -0.4 is 9.47 Å². The normalized spacial score (nSPS) is 13.8. The van der Waals surface area contributed by atoms with Crippen LogP contribution in [-0.4, -0.2) is 11.9 Å². The highest BCUT2D eigenvalue weighted by molar-refractivity contribution is 5.94. The molecule has 4 heteroatoms. The van der Waals surface area contributed by atoms with E-state index in [2.05, 4.69) is 19.9 Å². The van der Waals surface area contributed by atoms with Gasteiger partial charge in [0, 0.05) is 5.56 Å². The van der Waals surface area contributed by atoms with Crippen LogP contribution in [0.4, 0.5) is 0 Å². The van der Waals surface area contributed by atoms with Gasteiger partial charge in [0.2, 0.25) is 0 Å². The first-order chi connectivity index (χ1) is 16.5. The second kappa shape index (κ2) is 10.7. The Morgan fingerprint density at radius 3 is 1.79 bits per heavy atom. The van der Waals surface area contributed by atoms with Crippen LogP contribution in [-0.2, 0) is 6.42 Å². The molecule has 0 heterocycles. The average molecular weight is 457 g/mol. The molecule has 0 spiro atoms. The third-order valence-electron chi connectivity index (χ3n) is 6.56. The van der Waals surface area contributed by atoms with Crippen LogP contribution in [0.1, 0.15) is 95.7 Å². The first kappa shape index (κ1) is 23.7. The Bertz CT molecular complexity index is 1140. The Labute approximate surface area is 201 Å². The van der Waals surface area contributed by atoms with E-state index in [1.54, 1.807) is 36.4 Å². The van der Waals surface area contributed by atoms with Crippen molar-refractivity contribution in [1.29, 1.82) is 0 Å². The first-order valence-corrected chi connectivity index (χ1v) is 12.2. The number of ether oxygens (including phenoxy) is 2. The molecule has 0 N–H and O–H groups in total. The Balaban J connectivity index is 1.87. The first-order valence-electron chi connectivity index (χ1n) is 12.2. The molecule has 0 aromatic heterocycles. The Hall–Kier alpha value is -3.40. The summed E-state index contributed by atoms with van der Waals surface area (Å²) in [6.07, 6.45) is 5.00. The molecular weight excluding hydrogens is 424 g/mol. The van der Waals surface area contributed by atoms with Crippen molar-refractivity contribution in [1.82, 2.24) is 0 Å². The van der Waals surface area contributed by atoms with E-state index in [1.165, 1.54) is 5.56 Å². The summed E-state index contributed by atoms with van der Waals surface area (Å²) in [4.78, 5) is 26.3. The van der Waals surface area contributed by atoms with Crippen LogP contribution in [0.25, 0.3) is 0 Å². The molecule has 4 nitrogen and oxygen atoms in total. The molecule has 34 heavy (non-hydrogen) atoms. The zero-order valence-corrected chi connectivity index (χ0v) is 20.2. The standard InChI is InChI=1S/C30H32O4/c1-4-21-19-25(20(2)3)26(22-13-11-12-14-22)28(34-30(32)24-17-9-6-10-18-24)27(21)33-29(31)23-15-7-5-8-16-23/h5-10,15-20,22H,4,11-14H2,1-3H3. The molecule has 176 valence electrons. The van der Waals surface area contributed by atoms with Gasteiger partial charge < -0.3 is 9.47 Å². The monoisotopic (exact) mass is 456 g/mol. The molecule has 1 aliphatic carbocycles. The summed E-state index contributed by atoms with van der Waals surface area (Å²) in [6.45, 7) is 6.34. The van der Waals surface area contributed by atoms with E-state index in [1.807, 2.05) is 31.2 Å². The van der Waals surface area contributed by atoms with Gasteiger partial charge in [-0.25, -0.2) is 9.59 Å². The molecule has 3 aromatic rings. The quantitative estimate of drug-likeness (QED) is 0.273. The molecule has 0 unspecified atom stereocenters. The summed E-state index contributed by atoms with van der Waals surface area (Å²) < 4.78 is 12.1. The second-order valence-electron chi connectivity index (χ2n) is 9.20. The summed E-state index contributed by atoms with van der Waals surface area (Å²) in [6, 6.07) is 20.0. The summed E-state index contributed by atoms with van der Waals surface area (Å²) in [7, 11) is 0. The number of carbonyl (C=O) groups excluding carboxylic acids is 2. The molecular formula is C30H32O4. The largest absolute Gasteiger partial charge is 0.419 e. The van der Waals surface area contributed by atoms with E-state index < -0.39 is 11.9 Å². The molecule has 3 aromatic carbocycles. The molecule has 0 bridgehead atoms.